The van der Waals surface area contributed by atoms with E-state index in [1.807, 2.05) is 35.9 Å². The third-order valence-electron chi connectivity index (χ3n) is 6.39. The lowest BCUT2D eigenvalue weighted by Crippen LogP contribution is -2.44. The molecule has 0 saturated heterocycles. The van der Waals surface area contributed by atoms with Crippen molar-refractivity contribution in [1.82, 2.24) is 25.1 Å². The molecular formula is C26H28N6O. The van der Waals surface area contributed by atoms with E-state index in [2.05, 4.69) is 50.0 Å². The van der Waals surface area contributed by atoms with Crippen LogP contribution in [0.15, 0.2) is 67.1 Å². The summed E-state index contributed by atoms with van der Waals surface area (Å²) in [6.45, 7) is 1.95. The number of nitrogens with zero attached hydrogens (tertiary/aromatic N) is 4. The summed E-state index contributed by atoms with van der Waals surface area (Å²) in [6, 6.07) is 16.2. The van der Waals surface area contributed by atoms with Crippen LogP contribution in [0.25, 0.3) is 16.6 Å². The Balaban J connectivity index is 1.26. The van der Waals surface area contributed by atoms with Crippen molar-refractivity contribution in [3.05, 3.63) is 78.4 Å². The second-order valence-corrected chi connectivity index (χ2v) is 8.78. The van der Waals surface area contributed by atoms with E-state index in [4.69, 9.17) is 0 Å². The molecule has 0 radical (unpaired) electrons. The average Bonchev–Trinajstić information content (AvgIpc) is 3.24. The number of rotatable bonds is 5. The van der Waals surface area contributed by atoms with E-state index in [0.29, 0.717) is 11.7 Å². The van der Waals surface area contributed by atoms with Crippen LogP contribution in [0.5, 0.6) is 0 Å². The molecule has 1 aromatic carbocycles. The van der Waals surface area contributed by atoms with E-state index in [1.54, 1.807) is 18.6 Å². The molecule has 2 atom stereocenters. The van der Waals surface area contributed by atoms with Crippen LogP contribution in [0, 0.1) is 12.8 Å². The third kappa shape index (κ3) is 4.87. The number of carbonyl (C=O) groups excluding carboxylic acids is 1. The molecule has 0 bridgehead atoms. The van der Waals surface area contributed by atoms with Gasteiger partial charge in [0.2, 0.25) is 0 Å². The Morgan fingerprint density at radius 2 is 1.91 bits per heavy atom. The minimum atomic E-state index is -0.205. The van der Waals surface area contributed by atoms with Crippen LogP contribution >= 0.6 is 0 Å². The molecule has 2 N–H and O–H groups in total. The lowest BCUT2D eigenvalue weighted by atomic mass is 9.81. The molecule has 5 rings (SSSR count). The average molecular weight is 441 g/mol. The van der Waals surface area contributed by atoms with Gasteiger partial charge in [0.1, 0.15) is 5.82 Å². The minimum Gasteiger partial charge on any atom is -0.335 e. The van der Waals surface area contributed by atoms with E-state index < -0.39 is 0 Å². The number of urea groups is 1. The van der Waals surface area contributed by atoms with E-state index in [-0.39, 0.29) is 12.1 Å². The van der Waals surface area contributed by atoms with Gasteiger partial charge in [-0.25, -0.2) is 14.5 Å². The predicted octanol–water partition coefficient (Wildman–Crippen LogP) is 5.05. The molecule has 0 unspecified atom stereocenters. The van der Waals surface area contributed by atoms with Crippen LogP contribution < -0.4 is 10.6 Å². The fourth-order valence-electron chi connectivity index (χ4n) is 4.74. The van der Waals surface area contributed by atoms with Crippen LogP contribution in [0.2, 0.25) is 0 Å². The minimum absolute atomic E-state index is 0.167. The van der Waals surface area contributed by atoms with Crippen molar-refractivity contribution in [2.24, 2.45) is 5.92 Å². The first-order valence-corrected chi connectivity index (χ1v) is 11.5. The first-order valence-electron chi connectivity index (χ1n) is 11.5. The Labute approximate surface area is 193 Å². The van der Waals surface area contributed by atoms with Crippen molar-refractivity contribution in [2.45, 2.75) is 45.1 Å². The Kier molecular flexibility index (Phi) is 6.02. The van der Waals surface area contributed by atoms with Crippen LogP contribution in [0.1, 0.15) is 36.9 Å². The van der Waals surface area contributed by atoms with E-state index in [0.717, 1.165) is 48.0 Å². The Morgan fingerprint density at radius 1 is 1.06 bits per heavy atom. The predicted molar refractivity (Wildman–Crippen MR) is 129 cm³/mol. The maximum atomic E-state index is 12.8. The van der Waals surface area contributed by atoms with Gasteiger partial charge in [0.15, 0.2) is 0 Å². The first-order chi connectivity index (χ1) is 16.2. The summed E-state index contributed by atoms with van der Waals surface area (Å²) in [6.07, 6.45) is 10.8. The highest BCUT2D eigenvalue weighted by Crippen LogP contribution is 2.28. The monoisotopic (exact) mass is 440 g/mol. The molecule has 2 amide bonds. The van der Waals surface area contributed by atoms with E-state index in [9.17, 15) is 4.79 Å². The van der Waals surface area contributed by atoms with Crippen molar-refractivity contribution in [3.63, 3.8) is 0 Å². The van der Waals surface area contributed by atoms with Crippen molar-refractivity contribution in [1.29, 1.82) is 0 Å². The Hall–Kier alpha value is -3.74. The topological polar surface area (TPSA) is 84.7 Å². The molecule has 1 aliphatic rings. The number of anilines is 1. The molecule has 7 heteroatoms. The molecule has 33 heavy (non-hydrogen) atoms. The fraction of sp³-hybridized carbons (Fsp3) is 0.308. The maximum Gasteiger partial charge on any atom is 0.320 e. The van der Waals surface area contributed by atoms with Gasteiger partial charge in [-0.1, -0.05) is 43.2 Å². The standard InChI is InChI=1S/C26H28N6O/c1-18-13-22(11-12-27-18)32-24-17-28-25(15-21(24)16-29-32)31-26(33)30-23-10-6-5-9-20(23)14-19-7-3-2-4-8-19/h2-4,7-8,11-13,15-17,20,23H,5-6,9-10,14H2,1H3,(H2,28,30,31,33)/t20-,23+/m1/s1. The Morgan fingerprint density at radius 3 is 2.76 bits per heavy atom. The van der Waals surface area contributed by atoms with Gasteiger partial charge in [0.25, 0.3) is 0 Å². The van der Waals surface area contributed by atoms with Crippen molar-refractivity contribution in [3.8, 4) is 5.69 Å². The third-order valence-corrected chi connectivity index (χ3v) is 6.39. The lowest BCUT2D eigenvalue weighted by molar-refractivity contribution is 0.227. The maximum absolute atomic E-state index is 12.8. The SMILES string of the molecule is Cc1cc(-n2ncc3cc(NC(=O)N[C@H]4CCCC[C@@H]4Cc4ccccc4)ncc32)ccn1. The summed E-state index contributed by atoms with van der Waals surface area (Å²) in [5.74, 6) is 0.963. The molecule has 0 aliphatic heterocycles. The molecule has 168 valence electrons. The van der Waals surface area contributed by atoms with Crippen LogP contribution in [-0.4, -0.2) is 31.8 Å². The van der Waals surface area contributed by atoms with E-state index >= 15 is 0 Å². The fourth-order valence-corrected chi connectivity index (χ4v) is 4.74. The zero-order valence-electron chi connectivity index (χ0n) is 18.7. The summed E-state index contributed by atoms with van der Waals surface area (Å²) < 4.78 is 1.83. The summed E-state index contributed by atoms with van der Waals surface area (Å²) in [7, 11) is 0. The van der Waals surface area contributed by atoms with Gasteiger partial charge in [-0.15, -0.1) is 0 Å². The van der Waals surface area contributed by atoms with Gasteiger partial charge in [-0.3, -0.25) is 10.3 Å². The molecule has 0 spiro atoms. The van der Waals surface area contributed by atoms with Gasteiger partial charge in [-0.05, 0) is 55.9 Å². The molecule has 1 aliphatic carbocycles. The quantitative estimate of drug-likeness (QED) is 0.455. The zero-order valence-corrected chi connectivity index (χ0v) is 18.7. The molecular weight excluding hydrogens is 412 g/mol. The molecule has 7 nitrogen and oxygen atoms in total. The van der Waals surface area contributed by atoms with Crippen LogP contribution in [-0.2, 0) is 6.42 Å². The van der Waals surface area contributed by atoms with Crippen molar-refractivity contribution in [2.75, 3.05) is 5.32 Å². The molecule has 4 aromatic rings. The van der Waals surface area contributed by atoms with E-state index in [1.165, 1.54) is 12.0 Å². The molecule has 3 aromatic heterocycles. The van der Waals surface area contributed by atoms with Crippen molar-refractivity contribution < 1.29 is 4.79 Å². The second kappa shape index (κ2) is 9.40. The van der Waals surface area contributed by atoms with Gasteiger partial charge in [-0.2, -0.15) is 5.10 Å². The number of amides is 2. The number of benzene rings is 1. The normalized spacial score (nSPS) is 18.2. The number of hydrogen-bond acceptors (Lipinski definition) is 4. The molecule has 1 fully saturated rings. The highest BCUT2D eigenvalue weighted by Gasteiger charge is 2.26. The van der Waals surface area contributed by atoms with Crippen molar-refractivity contribution >= 4 is 22.8 Å². The lowest BCUT2D eigenvalue weighted by Gasteiger charge is -2.32. The number of fused-ring (bicyclic) bond motifs is 1. The number of pyridine rings is 2. The molecule has 3 heterocycles. The summed E-state index contributed by atoms with van der Waals surface area (Å²) >= 11 is 0. The largest absolute Gasteiger partial charge is 0.335 e. The summed E-state index contributed by atoms with van der Waals surface area (Å²) in [4.78, 5) is 21.5. The van der Waals surface area contributed by atoms with Crippen LogP contribution in [0.3, 0.4) is 0 Å². The van der Waals surface area contributed by atoms with Crippen LogP contribution in [0.4, 0.5) is 10.6 Å². The first kappa shape index (κ1) is 21.1. The van der Waals surface area contributed by atoms with Gasteiger partial charge in [0, 0.05) is 23.3 Å². The zero-order chi connectivity index (χ0) is 22.6. The number of aryl methyl sites for hydroxylation is 1. The van der Waals surface area contributed by atoms with Gasteiger partial charge < -0.3 is 5.32 Å². The number of aromatic nitrogens is 4. The summed E-state index contributed by atoms with van der Waals surface area (Å²) in [5.41, 5.74) is 4.05. The summed E-state index contributed by atoms with van der Waals surface area (Å²) in [5, 5.41) is 11.5. The number of carbonyl (C=O) groups is 1. The highest BCUT2D eigenvalue weighted by atomic mass is 16.2. The number of hydrogen-bond donors (Lipinski definition) is 2. The van der Waals surface area contributed by atoms with Gasteiger partial charge >= 0.3 is 6.03 Å². The Bertz CT molecular complexity index is 1250. The highest BCUT2D eigenvalue weighted by molar-refractivity contribution is 5.91. The number of nitrogens with one attached hydrogen (secondary N) is 2. The second-order valence-electron chi connectivity index (χ2n) is 8.78. The molecule has 1 saturated carbocycles. The van der Waals surface area contributed by atoms with Gasteiger partial charge in [0.05, 0.1) is 23.6 Å². The smallest absolute Gasteiger partial charge is 0.320 e.